The third kappa shape index (κ3) is 6.15. The van der Waals surface area contributed by atoms with Crippen LogP contribution in [-0.2, 0) is 0 Å². The molecule has 0 radical (unpaired) electrons. The van der Waals surface area contributed by atoms with Gasteiger partial charge in [0.05, 0.1) is 6.21 Å². The van der Waals surface area contributed by atoms with E-state index in [-0.39, 0.29) is 5.91 Å². The predicted octanol–water partition coefficient (Wildman–Crippen LogP) is 5.50. The first-order valence-corrected chi connectivity index (χ1v) is 10.3. The Bertz CT molecular complexity index is 1270. The number of hydrazone groups is 1. The number of carbonyl (C=O) groups excluding carboxylic acids is 2. The lowest BCUT2D eigenvalue weighted by molar-refractivity contribution is 0.0953. The van der Waals surface area contributed by atoms with Gasteiger partial charge in [0.25, 0.3) is 11.8 Å². The van der Waals surface area contributed by atoms with E-state index >= 15 is 0 Å². The highest BCUT2D eigenvalue weighted by Crippen LogP contribution is 2.21. The van der Waals surface area contributed by atoms with E-state index in [9.17, 15) is 9.59 Å². The molecule has 2 amide bonds. The summed E-state index contributed by atoms with van der Waals surface area (Å²) in [5.74, 6) is 0.764. The van der Waals surface area contributed by atoms with Gasteiger partial charge in [0, 0.05) is 16.8 Å². The number of rotatable bonds is 7. The summed E-state index contributed by atoms with van der Waals surface area (Å²) in [5, 5.41) is 6.83. The van der Waals surface area contributed by atoms with E-state index in [1.165, 1.54) is 6.21 Å². The SMILES string of the molecule is O=C(N/N=C\c1cccc(Oc2ccccc2)c1)c1cccc(NC(=O)c2ccccc2)c1. The lowest BCUT2D eigenvalue weighted by atomic mass is 10.1. The van der Waals surface area contributed by atoms with Crippen molar-refractivity contribution in [2.75, 3.05) is 5.32 Å². The van der Waals surface area contributed by atoms with Gasteiger partial charge in [0.15, 0.2) is 0 Å². The molecule has 0 saturated carbocycles. The Morgan fingerprint density at radius 2 is 1.33 bits per heavy atom. The van der Waals surface area contributed by atoms with Gasteiger partial charge < -0.3 is 10.1 Å². The standard InChI is InChI=1S/C27H21N3O3/c31-26(21-10-3-1-4-11-21)29-23-13-8-12-22(18-23)27(32)30-28-19-20-9-7-16-25(17-20)33-24-14-5-2-6-15-24/h1-19H,(H,29,31)(H,30,32)/b28-19-. The van der Waals surface area contributed by atoms with Crippen molar-refractivity contribution in [3.8, 4) is 11.5 Å². The lowest BCUT2D eigenvalue weighted by Gasteiger charge is -2.07. The molecule has 0 heterocycles. The second-order valence-corrected chi connectivity index (χ2v) is 7.09. The minimum absolute atomic E-state index is 0.246. The van der Waals surface area contributed by atoms with Gasteiger partial charge in [-0.1, -0.05) is 54.6 Å². The Balaban J connectivity index is 1.36. The zero-order valence-electron chi connectivity index (χ0n) is 17.6. The van der Waals surface area contributed by atoms with E-state index in [1.54, 1.807) is 48.5 Å². The Labute approximate surface area is 191 Å². The third-order valence-electron chi connectivity index (χ3n) is 4.64. The molecule has 4 rings (SSSR count). The second-order valence-electron chi connectivity index (χ2n) is 7.09. The fourth-order valence-electron chi connectivity index (χ4n) is 3.04. The molecule has 0 aliphatic rings. The van der Waals surface area contributed by atoms with E-state index in [2.05, 4.69) is 15.8 Å². The molecular formula is C27H21N3O3. The fourth-order valence-corrected chi connectivity index (χ4v) is 3.04. The average Bonchev–Trinajstić information content (AvgIpc) is 2.85. The van der Waals surface area contributed by atoms with Crippen LogP contribution in [0.4, 0.5) is 5.69 Å². The van der Waals surface area contributed by atoms with Gasteiger partial charge in [-0.25, -0.2) is 5.43 Å². The average molecular weight is 435 g/mol. The van der Waals surface area contributed by atoms with Gasteiger partial charge in [0.1, 0.15) is 11.5 Å². The van der Waals surface area contributed by atoms with Crippen molar-refractivity contribution < 1.29 is 14.3 Å². The number of para-hydroxylation sites is 1. The summed E-state index contributed by atoms with van der Waals surface area (Å²) in [7, 11) is 0. The topological polar surface area (TPSA) is 79.8 Å². The molecule has 2 N–H and O–H groups in total. The first-order valence-electron chi connectivity index (χ1n) is 10.3. The van der Waals surface area contributed by atoms with Crippen LogP contribution in [0.3, 0.4) is 0 Å². The van der Waals surface area contributed by atoms with Gasteiger partial charge >= 0.3 is 0 Å². The highest BCUT2D eigenvalue weighted by molar-refractivity contribution is 6.05. The molecule has 0 aliphatic carbocycles. The van der Waals surface area contributed by atoms with Gasteiger partial charge in [0.2, 0.25) is 0 Å². The molecule has 162 valence electrons. The number of nitrogens with zero attached hydrogens (tertiary/aromatic N) is 1. The maximum absolute atomic E-state index is 12.5. The molecule has 0 spiro atoms. The zero-order valence-corrected chi connectivity index (χ0v) is 17.6. The van der Waals surface area contributed by atoms with E-state index < -0.39 is 5.91 Å². The van der Waals surface area contributed by atoms with Crippen LogP contribution in [0.5, 0.6) is 11.5 Å². The van der Waals surface area contributed by atoms with Crippen molar-refractivity contribution >= 4 is 23.7 Å². The van der Waals surface area contributed by atoms with Gasteiger partial charge in [-0.2, -0.15) is 5.10 Å². The van der Waals surface area contributed by atoms with Crippen LogP contribution in [-0.4, -0.2) is 18.0 Å². The molecule has 0 atom stereocenters. The number of anilines is 1. The second kappa shape index (κ2) is 10.5. The smallest absolute Gasteiger partial charge is 0.271 e. The molecule has 0 bridgehead atoms. The van der Waals surface area contributed by atoms with Crippen LogP contribution < -0.4 is 15.5 Å². The van der Waals surface area contributed by atoms with E-state index in [0.29, 0.717) is 22.6 Å². The zero-order chi connectivity index (χ0) is 22.9. The van der Waals surface area contributed by atoms with Crippen LogP contribution in [0.25, 0.3) is 0 Å². The molecule has 6 nitrogen and oxygen atoms in total. The highest BCUT2D eigenvalue weighted by Gasteiger charge is 2.08. The van der Waals surface area contributed by atoms with Crippen LogP contribution in [0.1, 0.15) is 26.3 Å². The summed E-state index contributed by atoms with van der Waals surface area (Å²) in [6.07, 6.45) is 1.54. The fraction of sp³-hybridized carbons (Fsp3) is 0. The van der Waals surface area contributed by atoms with Gasteiger partial charge in [-0.05, 0) is 60.2 Å². The van der Waals surface area contributed by atoms with Crippen LogP contribution >= 0.6 is 0 Å². The molecule has 0 saturated heterocycles. The van der Waals surface area contributed by atoms with Crippen LogP contribution in [0.15, 0.2) is 114 Å². The Morgan fingerprint density at radius 1 is 0.667 bits per heavy atom. The van der Waals surface area contributed by atoms with Crippen LogP contribution in [0.2, 0.25) is 0 Å². The monoisotopic (exact) mass is 435 g/mol. The first kappa shape index (κ1) is 21.5. The molecule has 4 aromatic rings. The molecule has 4 aromatic carbocycles. The number of benzene rings is 4. The number of hydrogen-bond acceptors (Lipinski definition) is 4. The summed E-state index contributed by atoms with van der Waals surface area (Å²) in [4.78, 5) is 24.8. The summed E-state index contributed by atoms with van der Waals surface area (Å²) >= 11 is 0. The van der Waals surface area contributed by atoms with Crippen molar-refractivity contribution in [2.24, 2.45) is 5.10 Å². The summed E-state index contributed by atoms with van der Waals surface area (Å²) in [6.45, 7) is 0. The first-order chi connectivity index (χ1) is 16.2. The van der Waals surface area contributed by atoms with Crippen molar-refractivity contribution in [1.29, 1.82) is 0 Å². The largest absolute Gasteiger partial charge is 0.457 e. The third-order valence-corrected chi connectivity index (χ3v) is 4.64. The molecule has 0 aromatic heterocycles. The van der Waals surface area contributed by atoms with Crippen molar-refractivity contribution in [2.45, 2.75) is 0 Å². The number of ether oxygens (including phenoxy) is 1. The van der Waals surface area contributed by atoms with Crippen LogP contribution in [0, 0.1) is 0 Å². The van der Waals surface area contributed by atoms with Crippen molar-refractivity contribution in [3.05, 3.63) is 126 Å². The molecule has 6 heteroatoms. The Hall–Kier alpha value is -4.71. The normalized spacial score (nSPS) is 10.5. The summed E-state index contributed by atoms with van der Waals surface area (Å²) in [6, 6.07) is 32.4. The summed E-state index contributed by atoms with van der Waals surface area (Å²) in [5.41, 5.74) is 4.71. The molecule has 33 heavy (non-hydrogen) atoms. The van der Waals surface area contributed by atoms with Gasteiger partial charge in [-0.15, -0.1) is 0 Å². The molecule has 0 fully saturated rings. The molecule has 0 aliphatic heterocycles. The Kier molecular flexibility index (Phi) is 6.88. The van der Waals surface area contributed by atoms with Gasteiger partial charge in [-0.3, -0.25) is 9.59 Å². The molecular weight excluding hydrogens is 414 g/mol. The summed E-state index contributed by atoms with van der Waals surface area (Å²) < 4.78 is 5.81. The molecule has 0 unspecified atom stereocenters. The lowest BCUT2D eigenvalue weighted by Crippen LogP contribution is -2.18. The minimum Gasteiger partial charge on any atom is -0.457 e. The van der Waals surface area contributed by atoms with E-state index in [0.717, 1.165) is 11.3 Å². The maximum Gasteiger partial charge on any atom is 0.271 e. The quantitative estimate of drug-likeness (QED) is 0.297. The van der Waals surface area contributed by atoms with E-state index in [1.807, 2.05) is 60.7 Å². The highest BCUT2D eigenvalue weighted by atomic mass is 16.5. The number of amides is 2. The maximum atomic E-state index is 12.5. The minimum atomic E-state index is -0.390. The Morgan fingerprint density at radius 3 is 2.12 bits per heavy atom. The number of hydrogen-bond donors (Lipinski definition) is 2. The van der Waals surface area contributed by atoms with Crippen molar-refractivity contribution in [3.63, 3.8) is 0 Å². The number of carbonyl (C=O) groups is 2. The van der Waals surface area contributed by atoms with Crippen molar-refractivity contribution in [1.82, 2.24) is 5.43 Å². The predicted molar refractivity (Wildman–Crippen MR) is 129 cm³/mol. The number of nitrogens with one attached hydrogen (secondary N) is 2. The van der Waals surface area contributed by atoms with E-state index in [4.69, 9.17) is 4.74 Å².